The highest BCUT2D eigenvalue weighted by Crippen LogP contribution is 2.44. The van der Waals surface area contributed by atoms with Crippen LogP contribution in [0.3, 0.4) is 0 Å². The molecule has 0 saturated carbocycles. The highest BCUT2D eigenvalue weighted by molar-refractivity contribution is 8.00. The third-order valence-corrected chi connectivity index (χ3v) is 4.82. The minimum atomic E-state index is -0.476. The molecule has 0 N–H and O–H groups in total. The molecule has 0 radical (unpaired) electrons. The molecule has 2 atom stereocenters. The van der Waals surface area contributed by atoms with Gasteiger partial charge < -0.3 is 0 Å². The zero-order valence-corrected chi connectivity index (χ0v) is 11.3. The summed E-state index contributed by atoms with van der Waals surface area (Å²) in [6.45, 7) is 1.39. The van der Waals surface area contributed by atoms with Crippen LogP contribution in [0, 0.1) is 10.1 Å². The Morgan fingerprint density at radius 1 is 1.42 bits per heavy atom. The molecule has 0 bridgehead atoms. The van der Waals surface area contributed by atoms with Crippen LogP contribution in [0.2, 0.25) is 0 Å². The fourth-order valence-corrected chi connectivity index (χ4v) is 3.54. The standard InChI is InChI=1S/C12H13N2O4S/c1-8(15)14(2)11(16)7-19-12(14)9-3-5-10(6-4-9)13(17)18/h3-6,12H,7H2,1-2H3/q+1. The topological polar surface area (TPSA) is 77.3 Å². The average Bonchev–Trinajstić information content (AvgIpc) is 2.67. The first-order valence-electron chi connectivity index (χ1n) is 5.64. The molecule has 2 unspecified atom stereocenters. The number of benzene rings is 1. The van der Waals surface area contributed by atoms with Crippen LogP contribution in [0.15, 0.2) is 24.3 Å². The summed E-state index contributed by atoms with van der Waals surface area (Å²) in [5, 5.41) is 10.3. The number of thioether (sulfide) groups is 1. The van der Waals surface area contributed by atoms with E-state index in [2.05, 4.69) is 0 Å². The zero-order valence-electron chi connectivity index (χ0n) is 10.5. The lowest BCUT2D eigenvalue weighted by Gasteiger charge is -2.28. The predicted octanol–water partition coefficient (Wildman–Crippen LogP) is 1.86. The molecule has 100 valence electrons. The van der Waals surface area contributed by atoms with Crippen LogP contribution < -0.4 is 0 Å². The van der Waals surface area contributed by atoms with Crippen molar-refractivity contribution in [3.8, 4) is 0 Å². The lowest BCUT2D eigenvalue weighted by Crippen LogP contribution is -2.50. The molecule has 0 aliphatic carbocycles. The number of imide groups is 1. The molecule has 2 rings (SSSR count). The number of nitrogens with zero attached hydrogens (tertiary/aromatic N) is 2. The third kappa shape index (κ3) is 2.15. The molecule has 6 nitrogen and oxygen atoms in total. The summed E-state index contributed by atoms with van der Waals surface area (Å²) >= 11 is 1.39. The van der Waals surface area contributed by atoms with Crippen LogP contribution in [-0.2, 0) is 9.59 Å². The van der Waals surface area contributed by atoms with E-state index in [1.807, 2.05) is 0 Å². The van der Waals surface area contributed by atoms with Crippen molar-refractivity contribution in [3.63, 3.8) is 0 Å². The van der Waals surface area contributed by atoms with Gasteiger partial charge in [-0.1, -0.05) is 11.8 Å². The molecular formula is C12H13N2O4S+. The highest BCUT2D eigenvalue weighted by Gasteiger charge is 2.51. The van der Waals surface area contributed by atoms with Crippen LogP contribution in [0.5, 0.6) is 0 Å². The monoisotopic (exact) mass is 281 g/mol. The summed E-state index contributed by atoms with van der Waals surface area (Å²) < 4.78 is -0.289. The van der Waals surface area contributed by atoms with Crippen LogP contribution in [0.4, 0.5) is 5.69 Å². The molecule has 1 fully saturated rings. The van der Waals surface area contributed by atoms with Crippen molar-refractivity contribution >= 4 is 29.3 Å². The number of hydrogen-bond acceptors (Lipinski definition) is 5. The minimum absolute atomic E-state index is 0.00454. The second kappa shape index (κ2) is 4.75. The summed E-state index contributed by atoms with van der Waals surface area (Å²) in [5.41, 5.74) is 0.745. The second-order valence-electron chi connectivity index (χ2n) is 4.50. The molecular weight excluding hydrogens is 268 g/mol. The van der Waals surface area contributed by atoms with Crippen LogP contribution in [-0.4, -0.2) is 34.0 Å². The van der Waals surface area contributed by atoms with Gasteiger partial charge in [-0.25, -0.2) is 9.59 Å². The van der Waals surface area contributed by atoms with Gasteiger partial charge >= 0.3 is 11.8 Å². The van der Waals surface area contributed by atoms with Crippen molar-refractivity contribution in [3.05, 3.63) is 39.9 Å². The second-order valence-corrected chi connectivity index (χ2v) is 5.57. The Balaban J connectivity index is 2.38. The maximum atomic E-state index is 11.9. The van der Waals surface area contributed by atoms with E-state index in [0.717, 1.165) is 5.56 Å². The molecule has 19 heavy (non-hydrogen) atoms. The summed E-state index contributed by atoms with van der Waals surface area (Å²) in [4.78, 5) is 33.8. The Morgan fingerprint density at radius 3 is 2.47 bits per heavy atom. The molecule has 7 heteroatoms. The van der Waals surface area contributed by atoms with Crippen LogP contribution in [0.25, 0.3) is 0 Å². The molecule has 0 spiro atoms. The number of amides is 2. The lowest BCUT2D eigenvalue weighted by atomic mass is 10.1. The van der Waals surface area contributed by atoms with E-state index < -0.39 is 4.92 Å². The Bertz CT molecular complexity index is 557. The van der Waals surface area contributed by atoms with Gasteiger partial charge in [-0.3, -0.25) is 10.1 Å². The SMILES string of the molecule is CC(=O)[N+]1(C)C(=O)CSC1c1ccc([N+](=O)[O-])cc1. The summed E-state index contributed by atoms with van der Waals surface area (Å²) in [7, 11) is 1.59. The van der Waals surface area contributed by atoms with Crippen molar-refractivity contribution in [1.82, 2.24) is 0 Å². The Morgan fingerprint density at radius 2 is 2.00 bits per heavy atom. The lowest BCUT2D eigenvalue weighted by molar-refractivity contribution is -0.768. The zero-order chi connectivity index (χ0) is 14.2. The molecule has 1 aromatic carbocycles. The first-order chi connectivity index (χ1) is 8.87. The Labute approximate surface area is 114 Å². The Kier molecular flexibility index (Phi) is 3.42. The van der Waals surface area contributed by atoms with Gasteiger partial charge in [-0.05, 0) is 12.1 Å². The average molecular weight is 281 g/mol. The predicted molar refractivity (Wildman–Crippen MR) is 70.2 cm³/mol. The van der Waals surface area contributed by atoms with Gasteiger partial charge in [0.2, 0.25) is 0 Å². The van der Waals surface area contributed by atoms with Gasteiger partial charge in [-0.2, -0.15) is 4.48 Å². The maximum absolute atomic E-state index is 11.9. The fourth-order valence-electron chi connectivity index (χ4n) is 2.06. The third-order valence-electron chi connectivity index (χ3n) is 3.39. The molecule has 1 saturated heterocycles. The van der Waals surface area contributed by atoms with Crippen molar-refractivity contribution in [1.29, 1.82) is 0 Å². The van der Waals surface area contributed by atoms with E-state index in [9.17, 15) is 19.7 Å². The fraction of sp³-hybridized carbons (Fsp3) is 0.333. The molecule has 1 aliphatic rings. The quantitative estimate of drug-likeness (QED) is 0.470. The number of rotatable bonds is 2. The van der Waals surface area contributed by atoms with Crippen LogP contribution >= 0.6 is 11.8 Å². The summed E-state index contributed by atoms with van der Waals surface area (Å²) in [6.07, 6.45) is 0. The number of carbonyl (C=O) groups excluding carboxylic acids is 2. The smallest absolute Gasteiger partial charge is 0.258 e. The number of nitro groups is 1. The van der Waals surface area contributed by atoms with E-state index in [4.69, 9.17) is 0 Å². The first kappa shape index (κ1) is 13.7. The number of hydrogen-bond donors (Lipinski definition) is 0. The van der Waals surface area contributed by atoms with E-state index >= 15 is 0 Å². The van der Waals surface area contributed by atoms with Crippen molar-refractivity contribution in [2.45, 2.75) is 12.3 Å². The van der Waals surface area contributed by atoms with Gasteiger partial charge in [0.05, 0.1) is 18.9 Å². The van der Waals surface area contributed by atoms with Gasteiger partial charge in [0, 0.05) is 17.7 Å². The summed E-state index contributed by atoms with van der Waals surface area (Å²) in [5.74, 6) is -0.0863. The number of nitro benzene ring substituents is 1. The molecule has 0 aromatic heterocycles. The van der Waals surface area contributed by atoms with Crippen molar-refractivity contribution in [2.75, 3.05) is 12.8 Å². The number of carbonyl (C=O) groups is 2. The number of non-ortho nitro benzene ring substituents is 1. The van der Waals surface area contributed by atoms with Crippen molar-refractivity contribution in [2.24, 2.45) is 0 Å². The normalized spacial score (nSPS) is 26.4. The molecule has 1 aliphatic heterocycles. The van der Waals surface area contributed by atoms with E-state index in [1.54, 1.807) is 19.2 Å². The Hall–Kier alpha value is -1.73. The van der Waals surface area contributed by atoms with Gasteiger partial charge in [0.1, 0.15) is 5.75 Å². The van der Waals surface area contributed by atoms with Crippen molar-refractivity contribution < 1.29 is 19.0 Å². The van der Waals surface area contributed by atoms with Gasteiger partial charge in [0.15, 0.2) is 5.37 Å². The largest absolute Gasteiger partial charge is 0.332 e. The minimum Gasteiger partial charge on any atom is -0.258 e. The van der Waals surface area contributed by atoms with E-state index in [-0.39, 0.29) is 33.1 Å². The van der Waals surface area contributed by atoms with Gasteiger partial charge in [-0.15, -0.1) is 0 Å². The van der Waals surface area contributed by atoms with E-state index in [0.29, 0.717) is 0 Å². The highest BCUT2D eigenvalue weighted by atomic mass is 32.2. The maximum Gasteiger partial charge on any atom is 0.332 e. The molecule has 1 heterocycles. The summed E-state index contributed by atoms with van der Waals surface area (Å²) in [6, 6.07) is 5.99. The molecule has 1 aromatic rings. The molecule has 2 amide bonds. The van der Waals surface area contributed by atoms with Crippen LogP contribution in [0.1, 0.15) is 17.9 Å². The van der Waals surface area contributed by atoms with E-state index in [1.165, 1.54) is 30.8 Å². The number of quaternary nitrogens is 1. The first-order valence-corrected chi connectivity index (χ1v) is 6.69. The van der Waals surface area contributed by atoms with Gasteiger partial charge in [0.25, 0.3) is 5.69 Å².